The molecule has 3 rings (SSSR count). The minimum Gasteiger partial charge on any atom is -0.353 e. The maximum atomic E-state index is 13.1. The van der Waals surface area contributed by atoms with Crippen LogP contribution in [0.25, 0.3) is 0 Å². The zero-order chi connectivity index (χ0) is 18.4. The van der Waals surface area contributed by atoms with Crippen LogP contribution in [0.3, 0.4) is 0 Å². The molecule has 1 saturated heterocycles. The van der Waals surface area contributed by atoms with Crippen molar-refractivity contribution in [2.45, 2.75) is 63.8 Å². The first-order valence-electron chi connectivity index (χ1n) is 9.99. The topological polar surface area (TPSA) is 49.4 Å². The molecule has 1 heterocycles. The number of halogens is 1. The fourth-order valence-electron chi connectivity index (χ4n) is 4.07. The van der Waals surface area contributed by atoms with Crippen LogP contribution in [0, 0.1) is 11.7 Å². The lowest BCUT2D eigenvalue weighted by atomic mass is 9.93. The van der Waals surface area contributed by atoms with Gasteiger partial charge < -0.3 is 10.2 Å². The number of rotatable bonds is 3. The van der Waals surface area contributed by atoms with Crippen LogP contribution in [0.1, 0.15) is 68.1 Å². The second-order valence-electron chi connectivity index (χ2n) is 7.65. The van der Waals surface area contributed by atoms with Crippen molar-refractivity contribution in [3.63, 3.8) is 0 Å². The molecule has 1 aromatic rings. The number of nitrogens with one attached hydrogen (secondary N) is 1. The van der Waals surface area contributed by atoms with E-state index < -0.39 is 0 Å². The Hall–Kier alpha value is -1.91. The van der Waals surface area contributed by atoms with Gasteiger partial charge in [0.05, 0.1) is 5.92 Å². The number of piperidine rings is 1. The van der Waals surface area contributed by atoms with Crippen molar-refractivity contribution < 1.29 is 14.0 Å². The Morgan fingerprint density at radius 3 is 2.27 bits per heavy atom. The van der Waals surface area contributed by atoms with E-state index >= 15 is 0 Å². The molecule has 2 aliphatic rings. The normalized spacial score (nSPS) is 22.3. The Kier molecular flexibility index (Phi) is 6.64. The molecular formula is C21H29FN2O2. The first-order chi connectivity index (χ1) is 12.6. The molecule has 0 bridgehead atoms. The number of hydrogen-bond donors (Lipinski definition) is 1. The molecule has 1 atom stereocenters. The average Bonchev–Trinajstić information content (AvgIpc) is 2.64. The van der Waals surface area contributed by atoms with Gasteiger partial charge in [-0.1, -0.05) is 32.1 Å². The lowest BCUT2D eigenvalue weighted by Crippen LogP contribution is -2.47. The van der Waals surface area contributed by atoms with Crippen LogP contribution >= 0.6 is 0 Å². The van der Waals surface area contributed by atoms with E-state index in [1.165, 1.54) is 56.4 Å². The molecule has 4 nitrogen and oxygen atoms in total. The second-order valence-corrected chi connectivity index (χ2v) is 7.65. The SMILES string of the molecule is O=C(NC1CCCCCCC1)C1CCCN(C(=O)c2ccc(F)cc2)C1. The first-order valence-corrected chi connectivity index (χ1v) is 9.99. The third-order valence-electron chi connectivity index (χ3n) is 5.62. The highest BCUT2D eigenvalue weighted by Gasteiger charge is 2.30. The van der Waals surface area contributed by atoms with Gasteiger partial charge in [-0.3, -0.25) is 9.59 Å². The molecule has 1 aliphatic heterocycles. The van der Waals surface area contributed by atoms with Crippen LogP contribution in [-0.4, -0.2) is 35.8 Å². The van der Waals surface area contributed by atoms with Gasteiger partial charge >= 0.3 is 0 Å². The summed E-state index contributed by atoms with van der Waals surface area (Å²) >= 11 is 0. The minimum atomic E-state index is -0.350. The van der Waals surface area contributed by atoms with E-state index in [0.29, 0.717) is 18.7 Å². The highest BCUT2D eigenvalue weighted by atomic mass is 19.1. The van der Waals surface area contributed by atoms with E-state index in [-0.39, 0.29) is 29.6 Å². The zero-order valence-corrected chi connectivity index (χ0v) is 15.4. The van der Waals surface area contributed by atoms with Gasteiger partial charge in [0, 0.05) is 24.7 Å². The van der Waals surface area contributed by atoms with E-state index in [4.69, 9.17) is 0 Å². The van der Waals surface area contributed by atoms with E-state index in [1.807, 2.05) is 0 Å². The Labute approximate surface area is 155 Å². The summed E-state index contributed by atoms with van der Waals surface area (Å²) in [4.78, 5) is 27.1. The fraction of sp³-hybridized carbons (Fsp3) is 0.619. The number of amides is 2. The Balaban J connectivity index is 1.55. The molecule has 1 aromatic carbocycles. The summed E-state index contributed by atoms with van der Waals surface area (Å²) in [6.45, 7) is 1.11. The highest BCUT2D eigenvalue weighted by Crippen LogP contribution is 2.21. The van der Waals surface area contributed by atoms with Crippen molar-refractivity contribution in [2.75, 3.05) is 13.1 Å². The molecule has 26 heavy (non-hydrogen) atoms. The fourth-order valence-corrected chi connectivity index (χ4v) is 4.07. The molecule has 1 N–H and O–H groups in total. The highest BCUT2D eigenvalue weighted by molar-refractivity contribution is 5.94. The summed E-state index contributed by atoms with van der Waals surface area (Å²) in [6.07, 6.45) is 9.99. The van der Waals surface area contributed by atoms with Crippen LogP contribution in [0.4, 0.5) is 4.39 Å². The molecule has 2 fully saturated rings. The third kappa shape index (κ3) is 5.05. The summed E-state index contributed by atoms with van der Waals surface area (Å²) in [7, 11) is 0. The van der Waals surface area contributed by atoms with Gasteiger partial charge in [-0.2, -0.15) is 0 Å². The van der Waals surface area contributed by atoms with Gasteiger partial charge in [-0.05, 0) is 49.9 Å². The van der Waals surface area contributed by atoms with Crippen molar-refractivity contribution >= 4 is 11.8 Å². The Morgan fingerprint density at radius 1 is 0.923 bits per heavy atom. The van der Waals surface area contributed by atoms with Crippen LogP contribution in [0.15, 0.2) is 24.3 Å². The number of likely N-dealkylation sites (tertiary alicyclic amines) is 1. The van der Waals surface area contributed by atoms with Gasteiger partial charge in [0.2, 0.25) is 5.91 Å². The van der Waals surface area contributed by atoms with Crippen molar-refractivity contribution in [3.8, 4) is 0 Å². The van der Waals surface area contributed by atoms with E-state index in [0.717, 1.165) is 25.7 Å². The molecule has 0 spiro atoms. The van der Waals surface area contributed by atoms with Crippen LogP contribution in [0.5, 0.6) is 0 Å². The monoisotopic (exact) mass is 360 g/mol. The van der Waals surface area contributed by atoms with Crippen LogP contribution < -0.4 is 5.32 Å². The number of nitrogens with zero attached hydrogens (tertiary/aromatic N) is 1. The summed E-state index contributed by atoms with van der Waals surface area (Å²) in [6, 6.07) is 5.91. The van der Waals surface area contributed by atoms with Crippen LogP contribution in [-0.2, 0) is 4.79 Å². The van der Waals surface area contributed by atoms with E-state index in [2.05, 4.69) is 5.32 Å². The molecule has 0 radical (unpaired) electrons. The summed E-state index contributed by atoms with van der Waals surface area (Å²) in [5.41, 5.74) is 0.479. The predicted octanol–water partition coefficient (Wildman–Crippen LogP) is 3.91. The van der Waals surface area contributed by atoms with Gasteiger partial charge in [0.1, 0.15) is 5.82 Å². The Bertz CT molecular complexity index is 609. The molecule has 1 saturated carbocycles. The molecule has 2 amide bonds. The largest absolute Gasteiger partial charge is 0.353 e. The van der Waals surface area contributed by atoms with E-state index in [9.17, 15) is 14.0 Å². The van der Waals surface area contributed by atoms with Crippen molar-refractivity contribution in [3.05, 3.63) is 35.6 Å². The van der Waals surface area contributed by atoms with Crippen LogP contribution in [0.2, 0.25) is 0 Å². The molecule has 0 aromatic heterocycles. The zero-order valence-electron chi connectivity index (χ0n) is 15.4. The van der Waals surface area contributed by atoms with Gasteiger partial charge in [0.15, 0.2) is 0 Å². The number of hydrogen-bond acceptors (Lipinski definition) is 2. The van der Waals surface area contributed by atoms with Crippen molar-refractivity contribution in [1.29, 1.82) is 0 Å². The van der Waals surface area contributed by atoms with Crippen molar-refractivity contribution in [1.82, 2.24) is 10.2 Å². The number of carbonyl (C=O) groups excluding carboxylic acids is 2. The van der Waals surface area contributed by atoms with Crippen molar-refractivity contribution in [2.24, 2.45) is 5.92 Å². The quantitative estimate of drug-likeness (QED) is 0.888. The standard InChI is InChI=1S/C21H29FN2O2/c22-18-12-10-16(11-13-18)21(26)24-14-6-7-17(15-24)20(25)23-19-8-4-2-1-3-5-9-19/h10-13,17,19H,1-9,14-15H2,(H,23,25). The lowest BCUT2D eigenvalue weighted by molar-refractivity contribution is -0.127. The number of benzene rings is 1. The summed E-state index contributed by atoms with van der Waals surface area (Å²) in [5, 5.41) is 3.24. The van der Waals surface area contributed by atoms with Gasteiger partial charge in [0.25, 0.3) is 5.91 Å². The third-order valence-corrected chi connectivity index (χ3v) is 5.62. The molecule has 142 valence electrons. The van der Waals surface area contributed by atoms with Gasteiger partial charge in [-0.15, -0.1) is 0 Å². The molecule has 1 aliphatic carbocycles. The summed E-state index contributed by atoms with van der Waals surface area (Å²) < 4.78 is 13.1. The number of carbonyl (C=O) groups is 2. The predicted molar refractivity (Wildman–Crippen MR) is 99.3 cm³/mol. The molecular weight excluding hydrogens is 331 g/mol. The second kappa shape index (κ2) is 9.15. The lowest BCUT2D eigenvalue weighted by Gasteiger charge is -2.33. The minimum absolute atomic E-state index is 0.0900. The Morgan fingerprint density at radius 2 is 1.58 bits per heavy atom. The average molecular weight is 360 g/mol. The smallest absolute Gasteiger partial charge is 0.253 e. The van der Waals surface area contributed by atoms with E-state index in [1.54, 1.807) is 4.90 Å². The summed E-state index contributed by atoms with van der Waals surface area (Å²) in [5.74, 6) is -0.518. The maximum Gasteiger partial charge on any atom is 0.253 e. The molecule has 5 heteroatoms. The first kappa shape index (κ1) is 18.9. The van der Waals surface area contributed by atoms with Gasteiger partial charge in [-0.25, -0.2) is 4.39 Å². The maximum absolute atomic E-state index is 13.1. The molecule has 1 unspecified atom stereocenters.